The molecule has 0 unspecified atom stereocenters. The van der Waals surface area contributed by atoms with Crippen molar-refractivity contribution in [1.29, 1.82) is 0 Å². The summed E-state index contributed by atoms with van der Waals surface area (Å²) in [5.74, 6) is 0.807. The van der Waals surface area contributed by atoms with Gasteiger partial charge in [0.25, 0.3) is 0 Å². The molecule has 0 aliphatic carbocycles. The number of nitrogens with one attached hydrogen (secondary N) is 1. The number of hydrogen-bond acceptors (Lipinski definition) is 4. The minimum Gasteiger partial charge on any atom is -0.497 e. The van der Waals surface area contributed by atoms with Crippen molar-refractivity contribution in [2.24, 2.45) is 5.16 Å². The zero-order valence-corrected chi connectivity index (χ0v) is 11.4. The van der Waals surface area contributed by atoms with Gasteiger partial charge in [-0.2, -0.15) is 0 Å². The Hall–Kier alpha value is -2.56. The van der Waals surface area contributed by atoms with Gasteiger partial charge in [-0.05, 0) is 30.7 Å². The second-order valence-electron chi connectivity index (χ2n) is 4.24. The molecule has 0 amide bonds. The average Bonchev–Trinajstić information content (AvgIpc) is 2.48. The van der Waals surface area contributed by atoms with Gasteiger partial charge in [0.2, 0.25) is 5.56 Å². The zero-order valence-electron chi connectivity index (χ0n) is 11.4. The second-order valence-corrected chi connectivity index (χ2v) is 4.24. The van der Waals surface area contributed by atoms with Crippen molar-refractivity contribution in [2.45, 2.75) is 13.5 Å². The van der Waals surface area contributed by atoms with Crippen LogP contribution in [0.1, 0.15) is 18.1 Å². The van der Waals surface area contributed by atoms with Crippen molar-refractivity contribution in [3.63, 3.8) is 0 Å². The van der Waals surface area contributed by atoms with E-state index in [0.717, 1.165) is 16.9 Å². The van der Waals surface area contributed by atoms with E-state index in [4.69, 9.17) is 9.57 Å². The van der Waals surface area contributed by atoms with Crippen molar-refractivity contribution >= 4 is 5.71 Å². The number of nitrogens with zero attached hydrogens (tertiary/aromatic N) is 1. The van der Waals surface area contributed by atoms with Crippen molar-refractivity contribution in [3.8, 4) is 5.75 Å². The topological polar surface area (TPSA) is 63.7 Å². The molecule has 1 heterocycles. The normalized spacial score (nSPS) is 11.2. The van der Waals surface area contributed by atoms with Crippen LogP contribution >= 0.6 is 0 Å². The Morgan fingerprint density at radius 2 is 1.95 bits per heavy atom. The van der Waals surface area contributed by atoms with Gasteiger partial charge in [-0.25, -0.2) is 0 Å². The lowest BCUT2D eigenvalue weighted by molar-refractivity contribution is 0.130. The number of hydrogen-bond donors (Lipinski definition) is 1. The lowest BCUT2D eigenvalue weighted by atomic mass is 10.2. The number of benzene rings is 1. The Balaban J connectivity index is 1.94. The highest BCUT2D eigenvalue weighted by Gasteiger charge is 1.99. The molecule has 0 radical (unpaired) electrons. The third-order valence-electron chi connectivity index (χ3n) is 2.79. The SMILES string of the molecule is COc1ccc(CO/N=C(\C)c2ccc(=O)[nH]c2)cc1. The highest BCUT2D eigenvalue weighted by atomic mass is 16.6. The van der Waals surface area contributed by atoms with Gasteiger partial charge in [-0.3, -0.25) is 4.79 Å². The summed E-state index contributed by atoms with van der Waals surface area (Å²) >= 11 is 0. The Morgan fingerprint density at radius 3 is 2.55 bits per heavy atom. The van der Waals surface area contributed by atoms with E-state index in [0.29, 0.717) is 12.3 Å². The monoisotopic (exact) mass is 272 g/mol. The molecule has 0 aliphatic heterocycles. The molecular weight excluding hydrogens is 256 g/mol. The van der Waals surface area contributed by atoms with Gasteiger partial charge in [0.1, 0.15) is 12.4 Å². The Bertz CT molecular complexity index is 624. The number of oxime groups is 1. The summed E-state index contributed by atoms with van der Waals surface area (Å²) in [4.78, 5) is 18.8. The first-order chi connectivity index (χ1) is 9.69. The molecule has 104 valence electrons. The molecule has 20 heavy (non-hydrogen) atoms. The van der Waals surface area contributed by atoms with Gasteiger partial charge in [0.15, 0.2) is 0 Å². The maximum atomic E-state index is 11.0. The highest BCUT2D eigenvalue weighted by molar-refractivity contribution is 5.97. The van der Waals surface area contributed by atoms with Crippen LogP contribution in [-0.2, 0) is 11.4 Å². The Labute approximate surface area is 116 Å². The minimum atomic E-state index is -0.138. The summed E-state index contributed by atoms with van der Waals surface area (Å²) in [5, 5.41) is 4.03. The molecule has 0 bridgehead atoms. The van der Waals surface area contributed by atoms with Crippen LogP contribution in [0.2, 0.25) is 0 Å². The maximum Gasteiger partial charge on any atom is 0.247 e. The summed E-state index contributed by atoms with van der Waals surface area (Å²) in [6.45, 7) is 2.20. The van der Waals surface area contributed by atoms with Gasteiger partial charge in [-0.1, -0.05) is 17.3 Å². The molecule has 5 heteroatoms. The minimum absolute atomic E-state index is 0.138. The average molecular weight is 272 g/mol. The quantitative estimate of drug-likeness (QED) is 0.671. The second kappa shape index (κ2) is 6.56. The lowest BCUT2D eigenvalue weighted by Crippen LogP contribution is -2.06. The largest absolute Gasteiger partial charge is 0.497 e. The number of rotatable bonds is 5. The van der Waals surface area contributed by atoms with Crippen LogP contribution in [0.3, 0.4) is 0 Å². The van der Waals surface area contributed by atoms with Crippen LogP contribution in [0, 0.1) is 0 Å². The summed E-state index contributed by atoms with van der Waals surface area (Å²) in [5.41, 5.74) is 2.39. The van der Waals surface area contributed by atoms with Gasteiger partial charge in [-0.15, -0.1) is 0 Å². The van der Waals surface area contributed by atoms with Crippen molar-refractivity contribution in [1.82, 2.24) is 4.98 Å². The number of methoxy groups -OCH3 is 1. The molecule has 1 aromatic carbocycles. The third-order valence-corrected chi connectivity index (χ3v) is 2.79. The summed E-state index contributed by atoms with van der Waals surface area (Å²) in [7, 11) is 1.63. The van der Waals surface area contributed by atoms with Crippen molar-refractivity contribution < 1.29 is 9.57 Å². The molecule has 0 fully saturated rings. The molecule has 2 rings (SSSR count). The lowest BCUT2D eigenvalue weighted by Gasteiger charge is -2.04. The molecule has 0 saturated carbocycles. The highest BCUT2D eigenvalue weighted by Crippen LogP contribution is 2.12. The van der Waals surface area contributed by atoms with Crippen LogP contribution in [0.15, 0.2) is 52.5 Å². The summed E-state index contributed by atoms with van der Waals surface area (Å²) in [6.07, 6.45) is 1.61. The first kappa shape index (κ1) is 13.9. The molecule has 2 aromatic rings. The van der Waals surface area contributed by atoms with Crippen LogP contribution in [0.4, 0.5) is 0 Å². The van der Waals surface area contributed by atoms with E-state index in [-0.39, 0.29) is 5.56 Å². The Morgan fingerprint density at radius 1 is 1.20 bits per heavy atom. The van der Waals surface area contributed by atoms with Gasteiger partial charge in [0.05, 0.1) is 12.8 Å². The van der Waals surface area contributed by atoms with E-state index in [1.165, 1.54) is 6.07 Å². The number of aromatic nitrogens is 1. The van der Waals surface area contributed by atoms with Gasteiger partial charge < -0.3 is 14.6 Å². The summed E-state index contributed by atoms with van der Waals surface area (Å²) in [6, 6.07) is 10.7. The van der Waals surface area contributed by atoms with Crippen LogP contribution < -0.4 is 10.3 Å². The number of H-pyrrole nitrogens is 1. The van der Waals surface area contributed by atoms with Crippen LogP contribution in [-0.4, -0.2) is 17.8 Å². The molecule has 5 nitrogen and oxygen atoms in total. The molecule has 0 aliphatic rings. The van der Waals surface area contributed by atoms with E-state index < -0.39 is 0 Å². The molecule has 0 saturated heterocycles. The smallest absolute Gasteiger partial charge is 0.247 e. The van der Waals surface area contributed by atoms with E-state index in [2.05, 4.69) is 10.1 Å². The zero-order chi connectivity index (χ0) is 14.4. The predicted molar refractivity (Wildman–Crippen MR) is 77.1 cm³/mol. The fraction of sp³-hybridized carbons (Fsp3) is 0.200. The van der Waals surface area contributed by atoms with Crippen molar-refractivity contribution in [3.05, 3.63) is 64.1 Å². The van der Waals surface area contributed by atoms with E-state index >= 15 is 0 Å². The van der Waals surface area contributed by atoms with Gasteiger partial charge >= 0.3 is 0 Å². The van der Waals surface area contributed by atoms with Crippen molar-refractivity contribution in [2.75, 3.05) is 7.11 Å². The standard InChI is InChI=1S/C15H16N2O3/c1-11(13-5-8-15(18)16-9-13)17-20-10-12-3-6-14(19-2)7-4-12/h3-9H,10H2,1-2H3,(H,16,18)/b17-11+. The van der Waals surface area contributed by atoms with E-state index in [1.54, 1.807) is 19.4 Å². The third kappa shape index (κ3) is 3.71. The summed E-state index contributed by atoms with van der Waals surface area (Å²) < 4.78 is 5.08. The Kier molecular flexibility index (Phi) is 4.55. The first-order valence-electron chi connectivity index (χ1n) is 6.17. The predicted octanol–water partition coefficient (Wildman–Crippen LogP) is 2.32. The van der Waals surface area contributed by atoms with Gasteiger partial charge in [0, 0.05) is 17.8 Å². The number of ether oxygens (including phenoxy) is 1. The molecule has 0 atom stereocenters. The fourth-order valence-electron chi connectivity index (χ4n) is 1.61. The molecule has 1 aromatic heterocycles. The number of aromatic amines is 1. The van der Waals surface area contributed by atoms with E-state index in [9.17, 15) is 4.79 Å². The first-order valence-corrected chi connectivity index (χ1v) is 6.17. The molecule has 0 spiro atoms. The molecule has 1 N–H and O–H groups in total. The maximum absolute atomic E-state index is 11.0. The van der Waals surface area contributed by atoms with Crippen LogP contribution in [0.25, 0.3) is 0 Å². The number of pyridine rings is 1. The fourth-order valence-corrected chi connectivity index (χ4v) is 1.61. The van der Waals surface area contributed by atoms with E-state index in [1.807, 2.05) is 31.2 Å². The van der Waals surface area contributed by atoms with Crippen LogP contribution in [0.5, 0.6) is 5.75 Å². The molecular formula is C15H16N2O3.